The summed E-state index contributed by atoms with van der Waals surface area (Å²) in [7, 11) is -3.53. The van der Waals surface area contributed by atoms with E-state index in [1.807, 2.05) is 13.8 Å². The first-order valence-electron chi connectivity index (χ1n) is 9.78. The number of carbonyl (C=O) groups is 1. The maximum Gasteiger partial charge on any atom is 0.240 e. The van der Waals surface area contributed by atoms with Crippen LogP contribution >= 0.6 is 0 Å². The number of hydrogen-bond acceptors (Lipinski definition) is 3. The van der Waals surface area contributed by atoms with Crippen molar-refractivity contribution in [3.63, 3.8) is 0 Å². The summed E-state index contributed by atoms with van der Waals surface area (Å²) in [4.78, 5) is 14.2. The number of rotatable bonds is 9. The topological polar surface area (TPSA) is 66.5 Å². The van der Waals surface area contributed by atoms with Crippen molar-refractivity contribution in [2.24, 2.45) is 5.92 Å². The highest BCUT2D eigenvalue weighted by atomic mass is 32.2. The first-order valence-corrected chi connectivity index (χ1v) is 11.3. The van der Waals surface area contributed by atoms with Crippen LogP contribution < -0.4 is 9.62 Å². The molecule has 1 aromatic rings. The fourth-order valence-electron chi connectivity index (χ4n) is 3.58. The van der Waals surface area contributed by atoms with Crippen molar-refractivity contribution in [1.82, 2.24) is 4.72 Å². The monoisotopic (exact) mass is 380 g/mol. The van der Waals surface area contributed by atoms with Crippen LogP contribution in [-0.4, -0.2) is 26.9 Å². The Morgan fingerprint density at radius 2 is 2.04 bits per heavy atom. The molecule has 1 heterocycles. The number of amides is 1. The van der Waals surface area contributed by atoms with Crippen molar-refractivity contribution in [2.45, 2.75) is 77.2 Å². The normalized spacial score (nSPS) is 18.0. The molecule has 1 aliphatic heterocycles. The predicted octanol–water partition coefficient (Wildman–Crippen LogP) is 3.87. The van der Waals surface area contributed by atoms with Gasteiger partial charge in [0.25, 0.3) is 0 Å². The molecule has 2 atom stereocenters. The van der Waals surface area contributed by atoms with Crippen LogP contribution in [0.2, 0.25) is 0 Å². The number of benzene rings is 1. The van der Waals surface area contributed by atoms with Gasteiger partial charge >= 0.3 is 0 Å². The molecule has 0 unspecified atom stereocenters. The first kappa shape index (κ1) is 20.9. The van der Waals surface area contributed by atoms with Gasteiger partial charge < -0.3 is 4.90 Å². The van der Waals surface area contributed by atoms with Crippen LogP contribution in [0.15, 0.2) is 23.1 Å². The molecule has 0 spiro atoms. The number of hydrogen-bond donors (Lipinski definition) is 1. The molecule has 0 saturated carbocycles. The van der Waals surface area contributed by atoms with E-state index in [-0.39, 0.29) is 11.9 Å². The number of nitrogens with one attached hydrogen (secondary N) is 1. The van der Waals surface area contributed by atoms with Crippen molar-refractivity contribution in [1.29, 1.82) is 0 Å². The molecule has 26 heavy (non-hydrogen) atoms. The lowest BCUT2D eigenvalue weighted by molar-refractivity contribution is -0.118. The molecule has 0 bridgehead atoms. The molecule has 5 nitrogen and oxygen atoms in total. The van der Waals surface area contributed by atoms with Crippen LogP contribution in [-0.2, 0) is 21.2 Å². The van der Waals surface area contributed by atoms with Crippen molar-refractivity contribution in [2.75, 3.05) is 11.4 Å². The summed E-state index contributed by atoms with van der Waals surface area (Å²) in [6.07, 6.45) is 5.40. The molecule has 1 aromatic carbocycles. The summed E-state index contributed by atoms with van der Waals surface area (Å²) in [6.45, 7) is 8.57. The maximum atomic E-state index is 12.7. The highest BCUT2D eigenvalue weighted by Crippen LogP contribution is 2.34. The lowest BCUT2D eigenvalue weighted by Gasteiger charge is -2.22. The Morgan fingerprint density at radius 3 is 2.65 bits per heavy atom. The summed E-state index contributed by atoms with van der Waals surface area (Å²) in [5.74, 6) is 0.448. The standard InChI is InChI=1S/C20H32N2O3S/c1-5-8-9-16(6-2)14-21-26(24,25)18-10-11-19-17(13-18)12-15(4)22(19)20(23)7-3/h10-11,13,15-16,21H,5-9,12,14H2,1-4H3/t15-,16+/m1/s1. The predicted molar refractivity (Wildman–Crippen MR) is 106 cm³/mol. The van der Waals surface area contributed by atoms with Crippen molar-refractivity contribution >= 4 is 21.6 Å². The van der Waals surface area contributed by atoms with Crippen LogP contribution in [0.5, 0.6) is 0 Å². The van der Waals surface area contributed by atoms with Crippen LogP contribution in [0.25, 0.3) is 0 Å². The van der Waals surface area contributed by atoms with Crippen LogP contribution in [0.1, 0.15) is 65.4 Å². The molecule has 1 amide bonds. The molecule has 0 aromatic heterocycles. The minimum Gasteiger partial charge on any atom is -0.309 e. The number of anilines is 1. The van der Waals surface area contributed by atoms with Gasteiger partial charge in [0.15, 0.2) is 0 Å². The third-order valence-corrected chi connectivity index (χ3v) is 6.67. The Morgan fingerprint density at radius 1 is 1.31 bits per heavy atom. The van der Waals surface area contributed by atoms with Gasteiger partial charge in [-0.1, -0.05) is 40.0 Å². The van der Waals surface area contributed by atoms with E-state index in [9.17, 15) is 13.2 Å². The average molecular weight is 381 g/mol. The van der Waals surface area contributed by atoms with Crippen molar-refractivity contribution in [3.05, 3.63) is 23.8 Å². The third kappa shape index (κ3) is 4.65. The van der Waals surface area contributed by atoms with Gasteiger partial charge in [0, 0.05) is 24.7 Å². The number of carbonyl (C=O) groups excluding carboxylic acids is 1. The zero-order valence-corrected chi connectivity index (χ0v) is 17.2. The Hall–Kier alpha value is -1.40. The van der Waals surface area contributed by atoms with E-state index in [2.05, 4.69) is 18.6 Å². The van der Waals surface area contributed by atoms with Gasteiger partial charge in [-0.05, 0) is 49.4 Å². The van der Waals surface area contributed by atoms with E-state index in [0.29, 0.717) is 30.2 Å². The molecular weight excluding hydrogens is 348 g/mol. The van der Waals surface area contributed by atoms with E-state index in [1.165, 1.54) is 0 Å². The minimum atomic E-state index is -3.53. The van der Waals surface area contributed by atoms with Crippen LogP contribution in [0, 0.1) is 5.92 Å². The summed E-state index contributed by atoms with van der Waals surface area (Å²) in [5.41, 5.74) is 1.78. The second kappa shape index (κ2) is 9.00. The SMILES string of the molecule is CCCC[C@H](CC)CNS(=O)(=O)c1ccc2c(c1)C[C@@H](C)N2C(=O)CC. The quantitative estimate of drug-likeness (QED) is 0.707. The minimum absolute atomic E-state index is 0.0712. The largest absolute Gasteiger partial charge is 0.309 e. The summed E-state index contributed by atoms with van der Waals surface area (Å²) >= 11 is 0. The first-order chi connectivity index (χ1) is 12.3. The zero-order valence-electron chi connectivity index (χ0n) is 16.4. The molecule has 146 valence electrons. The summed E-state index contributed by atoms with van der Waals surface area (Å²) in [5, 5.41) is 0. The Bertz CT molecular complexity index is 731. The number of nitrogens with zero attached hydrogens (tertiary/aromatic N) is 1. The van der Waals surface area contributed by atoms with Gasteiger partial charge in [0.1, 0.15) is 0 Å². The van der Waals surface area contributed by atoms with E-state index >= 15 is 0 Å². The van der Waals surface area contributed by atoms with Crippen LogP contribution in [0.3, 0.4) is 0 Å². The molecule has 0 aliphatic carbocycles. The summed E-state index contributed by atoms with van der Waals surface area (Å²) in [6, 6.07) is 5.18. The Balaban J connectivity index is 2.14. The Kier molecular flexibility index (Phi) is 7.24. The lowest BCUT2D eigenvalue weighted by atomic mass is 10.00. The third-order valence-electron chi connectivity index (χ3n) is 5.25. The van der Waals surface area contributed by atoms with E-state index in [0.717, 1.165) is 36.9 Å². The van der Waals surface area contributed by atoms with Gasteiger partial charge in [0.2, 0.25) is 15.9 Å². The number of sulfonamides is 1. The van der Waals surface area contributed by atoms with E-state index in [4.69, 9.17) is 0 Å². The zero-order chi connectivity index (χ0) is 19.3. The summed E-state index contributed by atoms with van der Waals surface area (Å²) < 4.78 is 28.1. The van der Waals surface area contributed by atoms with E-state index < -0.39 is 10.0 Å². The second-order valence-corrected chi connectivity index (χ2v) is 9.00. The van der Waals surface area contributed by atoms with Gasteiger partial charge in [-0.25, -0.2) is 13.1 Å². The molecule has 1 aliphatic rings. The van der Waals surface area contributed by atoms with Gasteiger partial charge in [-0.15, -0.1) is 0 Å². The fourth-order valence-corrected chi connectivity index (χ4v) is 4.75. The smallest absolute Gasteiger partial charge is 0.240 e. The molecule has 0 radical (unpaired) electrons. The molecule has 0 saturated heterocycles. The highest BCUT2D eigenvalue weighted by molar-refractivity contribution is 7.89. The second-order valence-electron chi connectivity index (χ2n) is 7.23. The highest BCUT2D eigenvalue weighted by Gasteiger charge is 2.31. The van der Waals surface area contributed by atoms with Gasteiger partial charge in [-0.3, -0.25) is 4.79 Å². The van der Waals surface area contributed by atoms with Crippen molar-refractivity contribution < 1.29 is 13.2 Å². The number of unbranched alkanes of at least 4 members (excludes halogenated alkanes) is 1. The van der Waals surface area contributed by atoms with Crippen molar-refractivity contribution in [3.8, 4) is 0 Å². The molecule has 6 heteroatoms. The van der Waals surface area contributed by atoms with Gasteiger partial charge in [-0.2, -0.15) is 0 Å². The lowest BCUT2D eigenvalue weighted by Crippen LogP contribution is -2.35. The molecule has 1 N–H and O–H groups in total. The van der Waals surface area contributed by atoms with Crippen LogP contribution in [0.4, 0.5) is 5.69 Å². The fraction of sp³-hybridized carbons (Fsp3) is 0.650. The molecular formula is C20H32N2O3S. The maximum absolute atomic E-state index is 12.7. The average Bonchev–Trinajstić information content (AvgIpc) is 2.96. The molecule has 0 fully saturated rings. The molecule has 2 rings (SSSR count). The van der Waals surface area contributed by atoms with E-state index in [1.54, 1.807) is 23.1 Å². The Labute approximate surface area is 158 Å². The number of fused-ring (bicyclic) bond motifs is 1. The van der Waals surface area contributed by atoms with Gasteiger partial charge in [0.05, 0.1) is 4.90 Å².